The third-order valence-corrected chi connectivity index (χ3v) is 7.96. The van der Waals surface area contributed by atoms with Crippen LogP contribution in [-0.2, 0) is 11.3 Å². The zero-order chi connectivity index (χ0) is 26.8. The van der Waals surface area contributed by atoms with Gasteiger partial charge in [0.2, 0.25) is 5.91 Å². The molecule has 2 heterocycles. The Labute approximate surface area is 228 Å². The number of piperidine rings is 1. The molecule has 5 rings (SSSR count). The molecule has 7 nitrogen and oxygen atoms in total. The first kappa shape index (κ1) is 26.4. The molecule has 1 aliphatic carbocycles. The van der Waals surface area contributed by atoms with Crippen molar-refractivity contribution in [3.8, 4) is 17.5 Å². The van der Waals surface area contributed by atoms with Crippen LogP contribution >= 0.6 is 11.6 Å². The fourth-order valence-corrected chi connectivity index (χ4v) is 6.04. The molecule has 1 saturated heterocycles. The summed E-state index contributed by atoms with van der Waals surface area (Å²) in [6.07, 6.45) is 4.28. The molecule has 2 fully saturated rings. The van der Waals surface area contributed by atoms with Crippen LogP contribution in [0.4, 0.5) is 0 Å². The van der Waals surface area contributed by atoms with Crippen LogP contribution in [0.15, 0.2) is 47.3 Å². The minimum atomic E-state index is -0.235. The Balaban J connectivity index is 1.40. The molecule has 2 aliphatic rings. The summed E-state index contributed by atoms with van der Waals surface area (Å²) >= 11 is 6.23. The predicted molar refractivity (Wildman–Crippen MR) is 150 cm³/mol. The van der Waals surface area contributed by atoms with E-state index in [1.807, 2.05) is 38.1 Å². The van der Waals surface area contributed by atoms with Gasteiger partial charge in [0, 0.05) is 29.7 Å². The van der Waals surface area contributed by atoms with Crippen LogP contribution in [0.5, 0.6) is 0 Å². The van der Waals surface area contributed by atoms with E-state index in [1.54, 1.807) is 12.1 Å². The average Bonchev–Trinajstić information content (AvgIpc) is 2.87. The maximum atomic E-state index is 13.8. The maximum Gasteiger partial charge on any atom is 0.262 e. The molecular weight excluding hydrogens is 498 g/mol. The molecule has 1 N–H and O–H groups in total. The lowest BCUT2D eigenvalue weighted by Crippen LogP contribution is -2.41. The van der Waals surface area contributed by atoms with Gasteiger partial charge in [0.15, 0.2) is 0 Å². The Kier molecular flexibility index (Phi) is 7.83. The first-order valence-corrected chi connectivity index (χ1v) is 13.9. The Morgan fingerprint density at radius 3 is 2.79 bits per heavy atom. The monoisotopic (exact) mass is 531 g/mol. The third-order valence-electron chi connectivity index (χ3n) is 7.72. The number of amides is 1. The Morgan fingerprint density at radius 1 is 1.24 bits per heavy atom. The molecule has 1 amide bonds. The summed E-state index contributed by atoms with van der Waals surface area (Å²) in [6.45, 7) is 6.69. The van der Waals surface area contributed by atoms with Crippen LogP contribution in [0.2, 0.25) is 5.02 Å². The van der Waals surface area contributed by atoms with Gasteiger partial charge in [-0.15, -0.1) is 0 Å². The zero-order valence-corrected chi connectivity index (χ0v) is 22.7. The first-order chi connectivity index (χ1) is 18.3. The highest BCUT2D eigenvalue weighted by atomic mass is 35.5. The lowest BCUT2D eigenvalue weighted by molar-refractivity contribution is -0.122. The standard InChI is InChI=1S/C30H34ClN5O2/c1-19(2)33-28(37)18-36-29(23-6-3-7-25(31)13-23)34-27-9-8-22(14-26(27)30(36)38)24-11-21(12-24)17-35-10-4-5-20(15-32)16-35/h3,6-9,13-14,19-21,24H,4-5,10-12,16-18H2,1-2H3,(H,33,37)/t20?,21-,24-. The van der Waals surface area contributed by atoms with Crippen molar-refractivity contribution < 1.29 is 4.79 Å². The number of nitriles is 1. The molecule has 3 aromatic rings. The van der Waals surface area contributed by atoms with E-state index < -0.39 is 0 Å². The minimum Gasteiger partial charge on any atom is -0.352 e. The minimum absolute atomic E-state index is 0.0323. The van der Waals surface area contributed by atoms with Crippen molar-refractivity contribution >= 4 is 28.4 Å². The summed E-state index contributed by atoms with van der Waals surface area (Å²) in [7, 11) is 0. The van der Waals surface area contributed by atoms with Gasteiger partial charge in [-0.05, 0) is 87.7 Å². The fourth-order valence-electron chi connectivity index (χ4n) is 5.85. The Bertz CT molecular complexity index is 1440. The molecule has 1 saturated carbocycles. The van der Waals surface area contributed by atoms with E-state index in [-0.39, 0.29) is 30.0 Å². The first-order valence-electron chi connectivity index (χ1n) is 13.5. The SMILES string of the molecule is CC(C)NC(=O)Cn1c(-c2cccc(Cl)c2)nc2ccc([C@H]3C[C@H](CN4CCCC(C#N)C4)C3)cc2c1=O. The van der Waals surface area contributed by atoms with E-state index >= 15 is 0 Å². The van der Waals surface area contributed by atoms with E-state index in [2.05, 4.69) is 22.4 Å². The quantitative estimate of drug-likeness (QED) is 0.465. The Morgan fingerprint density at radius 2 is 2.05 bits per heavy atom. The molecule has 198 valence electrons. The van der Waals surface area contributed by atoms with Crippen molar-refractivity contribution in [3.63, 3.8) is 0 Å². The van der Waals surface area contributed by atoms with Crippen LogP contribution < -0.4 is 10.9 Å². The number of nitrogens with one attached hydrogen (secondary N) is 1. The summed E-state index contributed by atoms with van der Waals surface area (Å²) < 4.78 is 1.46. The number of hydrogen-bond donors (Lipinski definition) is 1. The Hall–Kier alpha value is -3.21. The van der Waals surface area contributed by atoms with Gasteiger partial charge in [-0.25, -0.2) is 4.98 Å². The van der Waals surface area contributed by atoms with Crippen LogP contribution in [0.3, 0.4) is 0 Å². The van der Waals surface area contributed by atoms with Crippen molar-refractivity contribution in [2.75, 3.05) is 19.6 Å². The zero-order valence-electron chi connectivity index (χ0n) is 22.0. The highest BCUT2D eigenvalue weighted by Gasteiger charge is 2.33. The molecule has 8 heteroatoms. The number of hydrogen-bond acceptors (Lipinski definition) is 5. The van der Waals surface area contributed by atoms with Crippen molar-refractivity contribution in [2.45, 2.75) is 58.0 Å². The normalized spacial score (nSPS) is 21.7. The van der Waals surface area contributed by atoms with E-state index in [1.165, 1.54) is 4.57 Å². The number of halogens is 1. The van der Waals surface area contributed by atoms with Gasteiger partial charge in [-0.2, -0.15) is 5.26 Å². The topological polar surface area (TPSA) is 91.0 Å². The van der Waals surface area contributed by atoms with Gasteiger partial charge >= 0.3 is 0 Å². The molecular formula is C30H34ClN5O2. The van der Waals surface area contributed by atoms with Crippen molar-refractivity contribution in [2.24, 2.45) is 11.8 Å². The van der Waals surface area contributed by atoms with Gasteiger partial charge in [-0.3, -0.25) is 14.2 Å². The third kappa shape index (κ3) is 5.77. The highest BCUT2D eigenvalue weighted by molar-refractivity contribution is 6.30. The average molecular weight is 532 g/mol. The summed E-state index contributed by atoms with van der Waals surface area (Å²) in [6, 6.07) is 15.6. The number of nitrogens with zero attached hydrogens (tertiary/aromatic N) is 4. The second kappa shape index (κ2) is 11.3. The van der Waals surface area contributed by atoms with E-state index in [9.17, 15) is 14.9 Å². The smallest absolute Gasteiger partial charge is 0.262 e. The molecule has 1 unspecified atom stereocenters. The molecule has 38 heavy (non-hydrogen) atoms. The number of carbonyl (C=O) groups excluding carboxylic acids is 1. The largest absolute Gasteiger partial charge is 0.352 e. The molecule has 0 bridgehead atoms. The number of carbonyl (C=O) groups is 1. The molecule has 0 spiro atoms. The predicted octanol–water partition coefficient (Wildman–Crippen LogP) is 4.97. The molecule has 1 aromatic heterocycles. The second-order valence-electron chi connectivity index (χ2n) is 11.1. The molecule has 2 aromatic carbocycles. The van der Waals surface area contributed by atoms with Crippen LogP contribution in [-0.4, -0.2) is 46.0 Å². The summed E-state index contributed by atoms with van der Waals surface area (Å²) in [5, 5.41) is 13.2. The van der Waals surface area contributed by atoms with Crippen molar-refractivity contribution in [1.82, 2.24) is 19.8 Å². The number of rotatable bonds is 7. The lowest BCUT2D eigenvalue weighted by atomic mass is 9.71. The number of aromatic nitrogens is 2. The fraction of sp³-hybridized carbons (Fsp3) is 0.467. The van der Waals surface area contributed by atoms with E-state index in [0.717, 1.165) is 50.9 Å². The molecule has 0 radical (unpaired) electrons. The van der Waals surface area contributed by atoms with Crippen LogP contribution in [0.1, 0.15) is 51.0 Å². The van der Waals surface area contributed by atoms with Gasteiger partial charge < -0.3 is 10.2 Å². The number of benzene rings is 2. The van der Waals surface area contributed by atoms with Crippen LogP contribution in [0, 0.1) is 23.2 Å². The number of fused-ring (bicyclic) bond motifs is 1. The summed E-state index contributed by atoms with van der Waals surface area (Å²) in [4.78, 5) is 33.7. The van der Waals surface area contributed by atoms with E-state index in [4.69, 9.17) is 16.6 Å². The van der Waals surface area contributed by atoms with E-state index in [0.29, 0.717) is 39.1 Å². The maximum absolute atomic E-state index is 13.8. The second-order valence-corrected chi connectivity index (χ2v) is 11.5. The van der Waals surface area contributed by atoms with Crippen molar-refractivity contribution in [3.05, 3.63) is 63.4 Å². The summed E-state index contributed by atoms with van der Waals surface area (Å²) in [5.41, 5.74) is 2.23. The summed E-state index contributed by atoms with van der Waals surface area (Å²) in [5.74, 6) is 1.38. The van der Waals surface area contributed by atoms with Gasteiger partial charge in [0.05, 0.1) is 22.9 Å². The number of likely N-dealkylation sites (tertiary alicyclic amines) is 1. The van der Waals surface area contributed by atoms with Gasteiger partial charge in [-0.1, -0.05) is 29.8 Å². The lowest BCUT2D eigenvalue weighted by Gasteiger charge is -2.40. The highest BCUT2D eigenvalue weighted by Crippen LogP contribution is 2.42. The van der Waals surface area contributed by atoms with Crippen LogP contribution in [0.25, 0.3) is 22.3 Å². The molecule has 1 atom stereocenters. The van der Waals surface area contributed by atoms with Gasteiger partial charge in [0.1, 0.15) is 12.4 Å². The van der Waals surface area contributed by atoms with Gasteiger partial charge in [0.25, 0.3) is 5.56 Å². The van der Waals surface area contributed by atoms with Crippen molar-refractivity contribution in [1.29, 1.82) is 5.26 Å². The molecule has 1 aliphatic heterocycles.